The zero-order valence-electron chi connectivity index (χ0n) is 7.16. The minimum Gasteiger partial charge on any atom is -0.410 e. The molecule has 12 heavy (non-hydrogen) atoms. The highest BCUT2D eigenvalue weighted by molar-refractivity contribution is 9.18. The molecule has 0 aromatic heterocycles. The van der Waals surface area contributed by atoms with E-state index in [9.17, 15) is 0 Å². The van der Waals surface area contributed by atoms with E-state index in [-0.39, 0.29) is 0 Å². The van der Waals surface area contributed by atoms with Gasteiger partial charge in [0.25, 0.3) is 0 Å². The highest BCUT2D eigenvalue weighted by Gasteiger charge is 2.11. The molecule has 0 aliphatic carbocycles. The molecule has 6 heteroatoms. The molecule has 0 aromatic carbocycles. The first-order chi connectivity index (χ1) is 5.74. The summed E-state index contributed by atoms with van der Waals surface area (Å²) in [6, 6.07) is 0. The van der Waals surface area contributed by atoms with E-state index in [1.807, 2.05) is 13.8 Å². The van der Waals surface area contributed by atoms with Crippen LogP contribution < -0.4 is 0 Å². The van der Waals surface area contributed by atoms with E-state index in [1.165, 1.54) is 0 Å². The summed E-state index contributed by atoms with van der Waals surface area (Å²) < 4.78 is 11.0. The third-order valence-corrected chi connectivity index (χ3v) is 3.44. The second-order valence-electron chi connectivity index (χ2n) is 1.80. The molecule has 0 heterocycles. The van der Waals surface area contributed by atoms with Gasteiger partial charge in [0.1, 0.15) is 4.62 Å². The molecular weight excluding hydrogens is 245 g/mol. The van der Waals surface area contributed by atoms with E-state index in [0.29, 0.717) is 24.0 Å². The fourth-order valence-corrected chi connectivity index (χ4v) is 2.28. The molecule has 0 saturated heterocycles. The number of hydrogen-bond donors (Lipinski definition) is 1. The van der Waals surface area contributed by atoms with Crippen LogP contribution in [0.2, 0.25) is 0 Å². The third kappa shape index (κ3) is 5.89. The predicted octanol–water partition coefficient (Wildman–Crippen LogP) is 2.55. The molecule has 0 saturated carbocycles. The molecule has 0 spiro atoms. The summed E-state index contributed by atoms with van der Waals surface area (Å²) in [6.07, 6.45) is 0.494. The zero-order valence-corrected chi connectivity index (χ0v) is 9.64. The largest absolute Gasteiger partial charge is 0.410 e. The molecule has 0 amide bonds. The second kappa shape index (κ2) is 7.92. The lowest BCUT2D eigenvalue weighted by Gasteiger charge is -2.13. The van der Waals surface area contributed by atoms with Gasteiger partial charge in [-0.15, -0.1) is 0 Å². The van der Waals surface area contributed by atoms with Gasteiger partial charge in [0.05, 0.1) is 19.4 Å². The first-order valence-corrected chi connectivity index (χ1v) is 5.79. The van der Waals surface area contributed by atoms with E-state index in [4.69, 9.17) is 14.3 Å². The van der Waals surface area contributed by atoms with E-state index >= 15 is 0 Å². The molecular formula is C6H13BrNO3P. The summed E-state index contributed by atoms with van der Waals surface area (Å²) in [4.78, 5) is 0. The Bertz CT molecular complexity index is 139. The summed E-state index contributed by atoms with van der Waals surface area (Å²) >= 11 is 3.07. The monoisotopic (exact) mass is 257 g/mol. The summed E-state index contributed by atoms with van der Waals surface area (Å²) in [5.41, 5.74) is 0. The first kappa shape index (κ1) is 12.3. The lowest BCUT2D eigenvalue weighted by atomic mass is 10.9. The van der Waals surface area contributed by atoms with E-state index in [0.717, 1.165) is 0 Å². The molecule has 0 atom stereocenters. The fourth-order valence-electron chi connectivity index (χ4n) is 0.555. The van der Waals surface area contributed by atoms with E-state index in [2.05, 4.69) is 21.1 Å². The van der Waals surface area contributed by atoms with Crippen molar-refractivity contribution >= 4 is 28.9 Å². The average Bonchev–Trinajstić information content (AvgIpc) is 2.05. The van der Waals surface area contributed by atoms with Gasteiger partial charge in [-0.3, -0.25) is 0 Å². The van der Waals surface area contributed by atoms with Gasteiger partial charge >= 0.3 is 0 Å². The molecule has 0 aromatic rings. The Kier molecular flexibility index (Phi) is 8.12. The van der Waals surface area contributed by atoms with Gasteiger partial charge in [-0.2, -0.15) is 0 Å². The Balaban J connectivity index is 3.77. The van der Waals surface area contributed by atoms with Crippen LogP contribution in [-0.4, -0.2) is 29.2 Å². The average molecular weight is 258 g/mol. The van der Waals surface area contributed by atoms with Crippen molar-refractivity contribution in [3.05, 3.63) is 0 Å². The maximum Gasteiger partial charge on any atom is 0.177 e. The van der Waals surface area contributed by atoms with Crippen molar-refractivity contribution < 1.29 is 14.3 Å². The molecule has 0 rings (SSSR count). The van der Waals surface area contributed by atoms with Crippen LogP contribution in [0.15, 0.2) is 5.16 Å². The molecule has 0 aliphatic rings. The highest BCUT2D eigenvalue weighted by atomic mass is 79.9. The third-order valence-electron chi connectivity index (χ3n) is 0.914. The standard InChI is InChI=1S/C6H13BrNO3P/c1-3-10-12(11-4-2)5-6(7)8-9/h9H,3-5H2,1-2H3/b8-6-. The van der Waals surface area contributed by atoms with Crippen molar-refractivity contribution in [2.24, 2.45) is 5.16 Å². The second-order valence-corrected chi connectivity index (χ2v) is 4.22. The minimum absolute atomic E-state index is 0.454. The number of oxime groups is 1. The smallest absolute Gasteiger partial charge is 0.177 e. The van der Waals surface area contributed by atoms with E-state index in [1.54, 1.807) is 0 Å². The quantitative estimate of drug-likeness (QED) is 0.344. The summed E-state index contributed by atoms with van der Waals surface area (Å²) in [6.45, 7) is 5.02. The highest BCUT2D eigenvalue weighted by Crippen LogP contribution is 2.38. The van der Waals surface area contributed by atoms with Gasteiger partial charge < -0.3 is 14.3 Å². The fraction of sp³-hybridized carbons (Fsp3) is 0.833. The van der Waals surface area contributed by atoms with Gasteiger partial charge in [-0.05, 0) is 29.8 Å². The summed E-state index contributed by atoms with van der Waals surface area (Å²) in [5, 5.41) is 11.3. The minimum atomic E-state index is -0.944. The van der Waals surface area contributed by atoms with Crippen molar-refractivity contribution in [1.82, 2.24) is 0 Å². The van der Waals surface area contributed by atoms with Gasteiger partial charge in [-0.1, -0.05) is 5.16 Å². The van der Waals surface area contributed by atoms with Gasteiger partial charge in [0.2, 0.25) is 0 Å². The zero-order chi connectivity index (χ0) is 9.40. The van der Waals surface area contributed by atoms with Gasteiger partial charge in [-0.25, -0.2) is 0 Å². The van der Waals surface area contributed by atoms with Crippen LogP contribution in [0.1, 0.15) is 13.8 Å². The lowest BCUT2D eigenvalue weighted by Crippen LogP contribution is -2.00. The molecule has 0 bridgehead atoms. The van der Waals surface area contributed by atoms with Crippen LogP contribution in [0.3, 0.4) is 0 Å². The Morgan fingerprint density at radius 2 is 1.92 bits per heavy atom. The summed E-state index contributed by atoms with van der Waals surface area (Å²) in [5.74, 6) is 0. The molecule has 0 radical (unpaired) electrons. The van der Waals surface area contributed by atoms with Crippen LogP contribution in [0.4, 0.5) is 0 Å². The molecule has 0 aliphatic heterocycles. The maximum absolute atomic E-state index is 8.36. The maximum atomic E-state index is 8.36. The summed E-state index contributed by atoms with van der Waals surface area (Å²) in [7, 11) is -0.944. The Morgan fingerprint density at radius 1 is 1.42 bits per heavy atom. The van der Waals surface area contributed by atoms with Crippen LogP contribution in [0, 0.1) is 0 Å². The molecule has 4 nitrogen and oxygen atoms in total. The Hall–Kier alpha value is 0.300. The van der Waals surface area contributed by atoms with E-state index < -0.39 is 8.38 Å². The van der Waals surface area contributed by atoms with Crippen molar-refractivity contribution in [2.45, 2.75) is 13.8 Å². The Morgan fingerprint density at radius 3 is 2.25 bits per heavy atom. The number of hydrogen-bond acceptors (Lipinski definition) is 4. The number of rotatable bonds is 6. The van der Waals surface area contributed by atoms with Crippen molar-refractivity contribution in [1.29, 1.82) is 0 Å². The van der Waals surface area contributed by atoms with Crippen LogP contribution in [0.25, 0.3) is 0 Å². The van der Waals surface area contributed by atoms with Crippen molar-refractivity contribution in [2.75, 3.05) is 19.4 Å². The predicted molar refractivity (Wildman–Crippen MR) is 53.2 cm³/mol. The van der Waals surface area contributed by atoms with Crippen molar-refractivity contribution in [3.63, 3.8) is 0 Å². The SMILES string of the molecule is CCOP(C/C(Br)=N/O)OCC. The molecule has 0 fully saturated rings. The van der Waals surface area contributed by atoms with Crippen LogP contribution >= 0.6 is 24.3 Å². The lowest BCUT2D eigenvalue weighted by molar-refractivity contribution is 0.271. The van der Waals surface area contributed by atoms with Gasteiger partial charge in [0.15, 0.2) is 8.38 Å². The number of nitrogens with zero attached hydrogens (tertiary/aromatic N) is 1. The van der Waals surface area contributed by atoms with Crippen LogP contribution in [-0.2, 0) is 9.05 Å². The normalized spacial score (nSPS) is 12.5. The number of halogens is 1. The molecule has 0 unspecified atom stereocenters. The molecule has 72 valence electrons. The van der Waals surface area contributed by atoms with Gasteiger partial charge in [0, 0.05) is 0 Å². The first-order valence-electron chi connectivity index (χ1n) is 3.64. The molecule has 1 N–H and O–H groups in total. The topological polar surface area (TPSA) is 51.0 Å². The van der Waals surface area contributed by atoms with Crippen LogP contribution in [0.5, 0.6) is 0 Å². The van der Waals surface area contributed by atoms with Crippen molar-refractivity contribution in [3.8, 4) is 0 Å². The Labute approximate surface area is 82.0 Å².